The van der Waals surface area contributed by atoms with E-state index >= 15 is 4.39 Å². The first-order valence-corrected chi connectivity index (χ1v) is 16.3. The zero-order chi connectivity index (χ0) is 32.5. The monoisotopic (exact) mass is 648 g/mol. The van der Waals surface area contributed by atoms with Crippen LogP contribution >= 0.6 is 0 Å². The fraction of sp³-hybridized carbons (Fsp3) is 0.441. The van der Waals surface area contributed by atoms with E-state index in [1.165, 1.54) is 48.5 Å². The Balaban J connectivity index is 1.06. The number of piperidine rings is 1. The summed E-state index contributed by atoms with van der Waals surface area (Å²) in [6.45, 7) is 9.85. The lowest BCUT2D eigenvalue weighted by Gasteiger charge is -2.43. The van der Waals surface area contributed by atoms with Crippen LogP contribution in [-0.4, -0.2) is 83.6 Å². The maximum absolute atomic E-state index is 15.7. The molecule has 3 aromatic rings. The molecule has 3 saturated heterocycles. The normalized spacial score (nSPS) is 21.2. The van der Waals surface area contributed by atoms with E-state index in [0.717, 1.165) is 64.2 Å². The van der Waals surface area contributed by atoms with Gasteiger partial charge in [0.05, 0.1) is 29.7 Å². The van der Waals surface area contributed by atoms with Gasteiger partial charge in [0.15, 0.2) is 5.82 Å². The van der Waals surface area contributed by atoms with Crippen molar-refractivity contribution in [1.82, 2.24) is 19.8 Å². The molecule has 47 heavy (non-hydrogen) atoms. The molecule has 1 amide bonds. The molecule has 4 heterocycles. The number of aromatic nitrogens is 2. The molecule has 0 bridgehead atoms. The van der Waals surface area contributed by atoms with Crippen LogP contribution < -0.4 is 20.6 Å². The first kappa shape index (κ1) is 31.4. The highest BCUT2D eigenvalue weighted by atomic mass is 19.1. The number of piperazine rings is 1. The van der Waals surface area contributed by atoms with Crippen LogP contribution in [0.1, 0.15) is 43.7 Å². The van der Waals surface area contributed by atoms with Crippen LogP contribution in [0.5, 0.6) is 0 Å². The smallest absolute Gasteiger partial charge is 0.247 e. The molecule has 3 aliphatic heterocycles. The van der Waals surface area contributed by atoms with E-state index in [-0.39, 0.29) is 11.5 Å². The number of nitrogens with zero attached hydrogens (tertiary/aromatic N) is 6. The summed E-state index contributed by atoms with van der Waals surface area (Å²) < 4.78 is 43.7. The summed E-state index contributed by atoms with van der Waals surface area (Å²) >= 11 is 0. The first-order chi connectivity index (χ1) is 22.8. The Morgan fingerprint density at radius 1 is 0.830 bits per heavy atom. The number of hydrogen-bond acceptors (Lipinski definition) is 9. The summed E-state index contributed by atoms with van der Waals surface area (Å²) in [5, 5.41) is 7.33. The van der Waals surface area contributed by atoms with Crippen molar-refractivity contribution in [3.63, 3.8) is 0 Å². The Morgan fingerprint density at radius 2 is 1.51 bits per heavy atom. The highest BCUT2D eigenvalue weighted by molar-refractivity contribution is 6.01. The molecule has 1 aliphatic carbocycles. The van der Waals surface area contributed by atoms with Gasteiger partial charge >= 0.3 is 0 Å². The van der Waals surface area contributed by atoms with Crippen molar-refractivity contribution in [2.24, 2.45) is 0 Å². The number of nitrogens with one attached hydrogen (secondary N) is 2. The molecule has 1 saturated carbocycles. The molecule has 1 unspecified atom stereocenters. The van der Waals surface area contributed by atoms with Gasteiger partial charge in [0.2, 0.25) is 5.91 Å². The van der Waals surface area contributed by atoms with Gasteiger partial charge in [-0.15, -0.1) is 0 Å². The lowest BCUT2D eigenvalue weighted by atomic mass is 10.0. The Labute approximate surface area is 272 Å². The van der Waals surface area contributed by atoms with Gasteiger partial charge in [-0.1, -0.05) is 6.58 Å². The highest BCUT2D eigenvalue weighted by Gasteiger charge is 2.34. The predicted molar refractivity (Wildman–Crippen MR) is 174 cm³/mol. The molecule has 248 valence electrons. The average Bonchev–Trinajstić information content (AvgIpc) is 3.81. The minimum atomic E-state index is -0.679. The third kappa shape index (κ3) is 7.07. The molecule has 13 heteroatoms. The van der Waals surface area contributed by atoms with Crippen LogP contribution in [0, 0.1) is 17.5 Å². The number of amides is 1. The molecular weight excluding hydrogens is 609 g/mol. The molecule has 4 aliphatic rings. The number of carbonyl (C=O) groups excluding carboxylic acids is 1. The van der Waals surface area contributed by atoms with E-state index in [4.69, 9.17) is 4.84 Å². The minimum Gasteiger partial charge on any atom is -0.370 e. The van der Waals surface area contributed by atoms with Gasteiger partial charge in [-0.3, -0.25) is 19.4 Å². The fourth-order valence-corrected chi connectivity index (χ4v) is 7.02. The third-order valence-electron chi connectivity index (χ3n) is 9.58. The highest BCUT2D eigenvalue weighted by Crippen LogP contribution is 2.38. The quantitative estimate of drug-likeness (QED) is 0.297. The number of rotatable bonds is 9. The summed E-state index contributed by atoms with van der Waals surface area (Å²) in [6, 6.07) is 8.75. The number of hydroxylamine groups is 1. The summed E-state index contributed by atoms with van der Waals surface area (Å²) in [6.07, 6.45) is 7.57. The van der Waals surface area contributed by atoms with Gasteiger partial charge in [-0.05, 0) is 55.5 Å². The number of halogens is 3. The van der Waals surface area contributed by atoms with E-state index in [1.807, 2.05) is 0 Å². The molecule has 0 radical (unpaired) electrons. The lowest BCUT2D eigenvalue weighted by molar-refractivity contribution is -0.111. The number of benzene rings is 2. The average molecular weight is 649 g/mol. The van der Waals surface area contributed by atoms with Gasteiger partial charge in [-0.25, -0.2) is 28.2 Å². The number of anilines is 5. The van der Waals surface area contributed by atoms with Gasteiger partial charge in [0.1, 0.15) is 29.6 Å². The van der Waals surface area contributed by atoms with Crippen molar-refractivity contribution < 1.29 is 22.8 Å². The summed E-state index contributed by atoms with van der Waals surface area (Å²) in [5.74, 6) is -1.67. The van der Waals surface area contributed by atoms with Crippen LogP contribution in [-0.2, 0) is 9.63 Å². The van der Waals surface area contributed by atoms with Crippen molar-refractivity contribution in [2.75, 3.05) is 66.5 Å². The third-order valence-corrected chi connectivity index (χ3v) is 9.58. The van der Waals surface area contributed by atoms with Gasteiger partial charge in [-0.2, -0.15) is 0 Å². The van der Waals surface area contributed by atoms with Crippen LogP contribution in [0.15, 0.2) is 55.4 Å². The second kappa shape index (κ2) is 13.5. The minimum absolute atomic E-state index is 0.104. The van der Waals surface area contributed by atoms with E-state index in [2.05, 4.69) is 41.9 Å². The number of carbonyl (C=O) groups is 1. The van der Waals surface area contributed by atoms with Crippen molar-refractivity contribution in [2.45, 2.75) is 50.2 Å². The Morgan fingerprint density at radius 3 is 2.17 bits per heavy atom. The van der Waals surface area contributed by atoms with E-state index in [9.17, 15) is 13.6 Å². The second-order valence-corrected chi connectivity index (χ2v) is 12.6. The van der Waals surface area contributed by atoms with Crippen LogP contribution in [0.2, 0.25) is 0 Å². The topological polar surface area (TPSA) is 89.1 Å². The van der Waals surface area contributed by atoms with Gasteiger partial charge < -0.3 is 15.5 Å². The van der Waals surface area contributed by atoms with Crippen LogP contribution in [0.3, 0.4) is 0 Å². The van der Waals surface area contributed by atoms with Gasteiger partial charge in [0, 0.05) is 76.0 Å². The molecule has 2 aromatic carbocycles. The largest absolute Gasteiger partial charge is 0.370 e. The Kier molecular flexibility index (Phi) is 9.02. The molecule has 4 fully saturated rings. The zero-order valence-electron chi connectivity index (χ0n) is 26.2. The van der Waals surface area contributed by atoms with Crippen molar-refractivity contribution >= 4 is 34.6 Å². The molecule has 1 aromatic heterocycles. The summed E-state index contributed by atoms with van der Waals surface area (Å²) in [4.78, 5) is 34.1. The molecule has 10 nitrogen and oxygen atoms in total. The van der Waals surface area contributed by atoms with Crippen molar-refractivity contribution in [3.8, 4) is 0 Å². The van der Waals surface area contributed by atoms with Crippen LogP contribution in [0.25, 0.3) is 0 Å². The summed E-state index contributed by atoms with van der Waals surface area (Å²) in [5.41, 5.74) is 1.59. The van der Waals surface area contributed by atoms with E-state index in [0.29, 0.717) is 41.8 Å². The number of hydrogen-bond donors (Lipinski definition) is 2. The first-order valence-electron chi connectivity index (χ1n) is 16.3. The van der Waals surface area contributed by atoms with Crippen LogP contribution in [0.4, 0.5) is 41.9 Å². The predicted octanol–water partition coefficient (Wildman–Crippen LogP) is 5.39. The molecule has 0 spiro atoms. The maximum atomic E-state index is 15.7. The summed E-state index contributed by atoms with van der Waals surface area (Å²) in [7, 11) is 0. The molecular formula is C34H39F3N8O2. The Hall–Kier alpha value is -4.20. The fourth-order valence-electron chi connectivity index (χ4n) is 7.02. The lowest BCUT2D eigenvalue weighted by Crippen LogP contribution is -2.53. The van der Waals surface area contributed by atoms with E-state index in [1.54, 1.807) is 12.1 Å². The Bertz CT molecular complexity index is 1600. The second-order valence-electron chi connectivity index (χ2n) is 12.6. The molecule has 2 N–H and O–H groups in total. The standard InChI is InChI=1S/C34H39F3N8O2/c1-2-34(46)41-29-19-28(27(37)18-31(29)44-8-5-26(6-9-44)43-12-10-42(11-13-43)25-3-4-25)40-32-20-33(39-21-38-32)45-30(7-14-47-45)22-15-23(35)17-24(36)16-22/h2,15-21,25-26,30H,1,3-14H2,(H,41,46)(H,38,39,40). The molecule has 1 atom stereocenters. The SMILES string of the molecule is C=CC(=O)Nc1cc(Nc2cc(N3OCCC3c3cc(F)cc(F)c3)ncn2)c(F)cc1N1CCC(N2CCN(C3CC3)CC2)CC1. The molecule has 7 rings (SSSR count). The zero-order valence-corrected chi connectivity index (χ0v) is 26.2. The maximum Gasteiger partial charge on any atom is 0.247 e. The van der Waals surface area contributed by atoms with Crippen molar-refractivity contribution in [1.29, 1.82) is 0 Å². The van der Waals surface area contributed by atoms with E-state index < -0.39 is 29.4 Å². The van der Waals surface area contributed by atoms with Crippen molar-refractivity contribution in [3.05, 3.63) is 78.4 Å². The van der Waals surface area contributed by atoms with Gasteiger partial charge in [0.25, 0.3) is 0 Å².